The highest BCUT2D eigenvalue weighted by atomic mass is 35.5. The van der Waals surface area contributed by atoms with E-state index in [1.165, 1.54) is 5.56 Å². The number of aliphatic hydroxyl groups excluding tert-OH is 1. The maximum absolute atomic E-state index is 9.29. The summed E-state index contributed by atoms with van der Waals surface area (Å²) in [6.45, 7) is 7.03. The van der Waals surface area contributed by atoms with E-state index in [4.69, 9.17) is 11.6 Å². The molecule has 0 aliphatic rings. The lowest BCUT2D eigenvalue weighted by molar-refractivity contribution is 0.162. The van der Waals surface area contributed by atoms with E-state index in [0.717, 1.165) is 18.0 Å². The van der Waals surface area contributed by atoms with Crippen LogP contribution in [0.15, 0.2) is 24.3 Å². The van der Waals surface area contributed by atoms with Gasteiger partial charge < -0.3 is 10.4 Å². The van der Waals surface area contributed by atoms with Crippen LogP contribution in [-0.2, 0) is 0 Å². The summed E-state index contributed by atoms with van der Waals surface area (Å²) in [6, 6.07) is 8.21. The summed E-state index contributed by atoms with van der Waals surface area (Å²) in [5.74, 6) is 0.477. The van der Waals surface area contributed by atoms with Crippen molar-refractivity contribution in [2.75, 3.05) is 6.54 Å². The average Bonchev–Trinajstić information content (AvgIpc) is 2.26. The second-order valence-corrected chi connectivity index (χ2v) is 5.31. The Labute approximate surface area is 109 Å². The van der Waals surface area contributed by atoms with Gasteiger partial charge in [-0.05, 0) is 50.4 Å². The minimum Gasteiger partial charge on any atom is -0.393 e. The summed E-state index contributed by atoms with van der Waals surface area (Å²) >= 11 is 5.85. The van der Waals surface area contributed by atoms with Gasteiger partial charge in [-0.1, -0.05) is 30.7 Å². The van der Waals surface area contributed by atoms with E-state index >= 15 is 0 Å². The molecule has 17 heavy (non-hydrogen) atoms. The molecule has 3 atom stereocenters. The monoisotopic (exact) mass is 255 g/mol. The molecule has 0 unspecified atom stereocenters. The molecule has 3 heteroatoms. The van der Waals surface area contributed by atoms with E-state index in [-0.39, 0.29) is 6.10 Å². The molecule has 0 spiro atoms. The quantitative estimate of drug-likeness (QED) is 0.817. The van der Waals surface area contributed by atoms with Gasteiger partial charge in [-0.25, -0.2) is 0 Å². The molecule has 0 aliphatic carbocycles. The van der Waals surface area contributed by atoms with Crippen LogP contribution in [0.5, 0.6) is 0 Å². The molecule has 2 nitrogen and oxygen atoms in total. The van der Waals surface area contributed by atoms with E-state index in [2.05, 4.69) is 19.2 Å². The molecule has 96 valence electrons. The SMILES string of the molecule is C[C@H](CN[C@H](C)c1ccc(Cl)cc1)C[C@H](C)O. The summed E-state index contributed by atoms with van der Waals surface area (Å²) in [7, 11) is 0. The van der Waals surface area contributed by atoms with E-state index in [9.17, 15) is 5.11 Å². The Morgan fingerprint density at radius 1 is 1.18 bits per heavy atom. The highest BCUT2D eigenvalue weighted by Gasteiger charge is 2.09. The predicted octanol–water partition coefficient (Wildman–Crippen LogP) is 3.40. The zero-order valence-corrected chi connectivity index (χ0v) is 11.5. The van der Waals surface area contributed by atoms with Gasteiger partial charge in [0.25, 0.3) is 0 Å². The van der Waals surface area contributed by atoms with Gasteiger partial charge in [0.1, 0.15) is 0 Å². The zero-order chi connectivity index (χ0) is 12.8. The molecule has 0 saturated heterocycles. The molecule has 1 rings (SSSR count). The molecule has 0 aliphatic heterocycles. The van der Waals surface area contributed by atoms with Gasteiger partial charge in [-0.3, -0.25) is 0 Å². The van der Waals surface area contributed by atoms with Crippen LogP contribution in [0.25, 0.3) is 0 Å². The first-order chi connectivity index (χ1) is 7.99. The summed E-state index contributed by atoms with van der Waals surface area (Å²) in [4.78, 5) is 0. The summed E-state index contributed by atoms with van der Waals surface area (Å²) in [5, 5.41) is 13.5. The fourth-order valence-corrected chi connectivity index (χ4v) is 2.04. The normalized spacial score (nSPS) is 16.5. The maximum Gasteiger partial charge on any atom is 0.0515 e. The van der Waals surface area contributed by atoms with Crippen LogP contribution >= 0.6 is 11.6 Å². The van der Waals surface area contributed by atoms with Crippen molar-refractivity contribution >= 4 is 11.6 Å². The Bertz CT molecular complexity index is 323. The molecule has 0 aromatic heterocycles. The smallest absolute Gasteiger partial charge is 0.0515 e. The molecule has 0 radical (unpaired) electrons. The number of rotatable bonds is 6. The van der Waals surface area contributed by atoms with Crippen molar-refractivity contribution in [2.45, 2.75) is 39.3 Å². The van der Waals surface area contributed by atoms with Gasteiger partial charge in [0.15, 0.2) is 0 Å². The lowest BCUT2D eigenvalue weighted by Crippen LogP contribution is -2.26. The Kier molecular flexibility index (Phi) is 5.96. The lowest BCUT2D eigenvalue weighted by Gasteiger charge is -2.19. The third-order valence-corrected chi connectivity index (χ3v) is 3.14. The first-order valence-electron chi connectivity index (χ1n) is 6.16. The summed E-state index contributed by atoms with van der Waals surface area (Å²) < 4.78 is 0. The van der Waals surface area contributed by atoms with Crippen molar-refractivity contribution in [3.05, 3.63) is 34.9 Å². The predicted molar refractivity (Wildman–Crippen MR) is 73.3 cm³/mol. The third-order valence-electron chi connectivity index (χ3n) is 2.89. The van der Waals surface area contributed by atoms with E-state index < -0.39 is 0 Å². The van der Waals surface area contributed by atoms with Crippen LogP contribution in [0, 0.1) is 5.92 Å². The Morgan fingerprint density at radius 3 is 2.29 bits per heavy atom. The highest BCUT2D eigenvalue weighted by Crippen LogP contribution is 2.16. The molecule has 1 aromatic rings. The van der Waals surface area contributed by atoms with Gasteiger partial charge in [0.05, 0.1) is 6.10 Å². The van der Waals surface area contributed by atoms with Crippen molar-refractivity contribution < 1.29 is 5.11 Å². The minimum absolute atomic E-state index is 0.224. The molecular formula is C14H22ClNO. The van der Waals surface area contributed by atoms with Crippen molar-refractivity contribution in [1.82, 2.24) is 5.32 Å². The van der Waals surface area contributed by atoms with Crippen LogP contribution in [0.3, 0.4) is 0 Å². The van der Waals surface area contributed by atoms with Crippen LogP contribution in [0.2, 0.25) is 5.02 Å². The fourth-order valence-electron chi connectivity index (χ4n) is 1.91. The molecule has 0 amide bonds. The van der Waals surface area contributed by atoms with Gasteiger partial charge >= 0.3 is 0 Å². The molecule has 2 N–H and O–H groups in total. The number of hydrogen-bond donors (Lipinski definition) is 2. The van der Waals surface area contributed by atoms with Gasteiger partial charge in [0, 0.05) is 11.1 Å². The lowest BCUT2D eigenvalue weighted by atomic mass is 10.0. The van der Waals surface area contributed by atoms with Crippen LogP contribution in [0.4, 0.5) is 0 Å². The standard InChI is InChI=1S/C14H22ClNO/c1-10(8-11(2)17)9-16-12(3)13-4-6-14(15)7-5-13/h4-7,10-12,16-17H,8-9H2,1-3H3/t10-,11-,12+/m0/s1. The number of benzene rings is 1. The molecule has 0 saturated carbocycles. The minimum atomic E-state index is -0.224. The summed E-state index contributed by atoms with van der Waals surface area (Å²) in [5.41, 5.74) is 1.23. The Hall–Kier alpha value is -0.570. The van der Waals surface area contributed by atoms with Gasteiger partial charge in [0.2, 0.25) is 0 Å². The van der Waals surface area contributed by atoms with Gasteiger partial charge in [-0.2, -0.15) is 0 Å². The number of nitrogens with one attached hydrogen (secondary N) is 1. The molecule has 0 heterocycles. The second kappa shape index (κ2) is 7.00. The van der Waals surface area contributed by atoms with Crippen LogP contribution in [0.1, 0.15) is 38.8 Å². The van der Waals surface area contributed by atoms with Crippen molar-refractivity contribution in [1.29, 1.82) is 0 Å². The Morgan fingerprint density at radius 2 is 1.76 bits per heavy atom. The first-order valence-corrected chi connectivity index (χ1v) is 6.53. The molecule has 0 fully saturated rings. The number of aliphatic hydroxyl groups is 1. The fraction of sp³-hybridized carbons (Fsp3) is 0.571. The third kappa shape index (κ3) is 5.53. The second-order valence-electron chi connectivity index (χ2n) is 4.87. The molecular weight excluding hydrogens is 234 g/mol. The first kappa shape index (κ1) is 14.5. The van der Waals surface area contributed by atoms with Crippen molar-refractivity contribution in [3.8, 4) is 0 Å². The largest absolute Gasteiger partial charge is 0.393 e. The molecule has 1 aromatic carbocycles. The zero-order valence-electron chi connectivity index (χ0n) is 10.8. The maximum atomic E-state index is 9.29. The van der Waals surface area contributed by atoms with Crippen LogP contribution in [-0.4, -0.2) is 17.8 Å². The topological polar surface area (TPSA) is 32.3 Å². The molecule has 0 bridgehead atoms. The summed E-state index contributed by atoms with van der Waals surface area (Å²) in [6.07, 6.45) is 0.609. The van der Waals surface area contributed by atoms with Crippen molar-refractivity contribution in [3.63, 3.8) is 0 Å². The van der Waals surface area contributed by atoms with E-state index in [1.807, 2.05) is 31.2 Å². The average molecular weight is 256 g/mol. The van der Waals surface area contributed by atoms with E-state index in [1.54, 1.807) is 0 Å². The number of halogens is 1. The van der Waals surface area contributed by atoms with Crippen molar-refractivity contribution in [2.24, 2.45) is 5.92 Å². The number of hydrogen-bond acceptors (Lipinski definition) is 2. The van der Waals surface area contributed by atoms with Crippen LogP contribution < -0.4 is 5.32 Å². The Balaban J connectivity index is 2.39. The highest BCUT2D eigenvalue weighted by molar-refractivity contribution is 6.30. The van der Waals surface area contributed by atoms with Gasteiger partial charge in [-0.15, -0.1) is 0 Å². The van der Waals surface area contributed by atoms with E-state index in [0.29, 0.717) is 12.0 Å².